The maximum Gasteiger partial charge on any atom is 0.516 e. The maximum absolute atomic E-state index is 12.5. The third-order valence-electron chi connectivity index (χ3n) is 3.79. The molecule has 1 aromatic rings. The highest BCUT2D eigenvalue weighted by Crippen LogP contribution is 2.41. The quantitative estimate of drug-likeness (QED) is 0.644. The number of alkyl halides is 3. The maximum atomic E-state index is 12.5. The van der Waals surface area contributed by atoms with E-state index >= 15 is 0 Å². The summed E-state index contributed by atoms with van der Waals surface area (Å²) < 4.78 is 65.9. The average molecular weight is 365 g/mol. The van der Waals surface area contributed by atoms with Crippen molar-refractivity contribution in [2.24, 2.45) is 0 Å². The molecule has 0 radical (unpaired) electrons. The lowest BCUT2D eigenvalue weighted by molar-refractivity contribution is -0.154. The number of halogens is 3. The van der Waals surface area contributed by atoms with Crippen molar-refractivity contribution in [3.8, 4) is 0 Å². The number of aryl methyl sites for hydroxylation is 1. The minimum absolute atomic E-state index is 0.109. The van der Waals surface area contributed by atoms with Gasteiger partial charge in [0, 0.05) is 0 Å². The molecule has 0 bridgehead atoms. The van der Waals surface area contributed by atoms with Crippen molar-refractivity contribution in [1.82, 2.24) is 4.72 Å². The van der Waals surface area contributed by atoms with E-state index in [4.69, 9.17) is 4.74 Å². The number of esters is 1. The fourth-order valence-electron chi connectivity index (χ4n) is 2.67. The van der Waals surface area contributed by atoms with Crippen LogP contribution in [-0.4, -0.2) is 32.4 Å². The summed E-state index contributed by atoms with van der Waals surface area (Å²) in [7, 11) is -5.93. The molecule has 0 aliphatic heterocycles. The standard InChI is InChI=1S/C14H14F3NO5S/c1-2-23-12(20)13(8-7-9-5-3-4-6-10(9)13)11(19)18-24(21,22)14(15,16)17/h3-6H,2,7-8H2,1H3,(H,18,19). The van der Waals surface area contributed by atoms with Crippen LogP contribution in [0, 0.1) is 0 Å². The van der Waals surface area contributed by atoms with Crippen LogP contribution in [0.1, 0.15) is 24.5 Å². The van der Waals surface area contributed by atoms with Crippen LogP contribution in [0.3, 0.4) is 0 Å². The van der Waals surface area contributed by atoms with Gasteiger partial charge in [0.1, 0.15) is 0 Å². The van der Waals surface area contributed by atoms with Gasteiger partial charge in [-0.05, 0) is 30.9 Å². The molecule has 10 heteroatoms. The molecule has 0 saturated heterocycles. The van der Waals surface area contributed by atoms with Crippen molar-refractivity contribution < 1.29 is 35.9 Å². The number of hydrogen-bond acceptors (Lipinski definition) is 5. The van der Waals surface area contributed by atoms with E-state index in [2.05, 4.69) is 0 Å². The second-order valence-electron chi connectivity index (χ2n) is 5.16. The largest absolute Gasteiger partial charge is 0.516 e. The molecule has 1 atom stereocenters. The van der Waals surface area contributed by atoms with Crippen molar-refractivity contribution in [1.29, 1.82) is 0 Å². The van der Waals surface area contributed by atoms with Gasteiger partial charge in [0.05, 0.1) is 6.61 Å². The Morgan fingerprint density at radius 1 is 1.29 bits per heavy atom. The van der Waals surface area contributed by atoms with E-state index in [1.54, 1.807) is 12.1 Å². The summed E-state index contributed by atoms with van der Waals surface area (Å²) in [5.74, 6) is -2.65. The number of amides is 1. The van der Waals surface area contributed by atoms with Gasteiger partial charge in [0.25, 0.3) is 5.91 Å². The van der Waals surface area contributed by atoms with Gasteiger partial charge in [-0.15, -0.1) is 0 Å². The molecule has 1 aromatic carbocycles. The molecule has 0 spiro atoms. The zero-order valence-corrected chi connectivity index (χ0v) is 13.3. The average Bonchev–Trinajstić information content (AvgIpc) is 2.86. The third-order valence-corrected chi connectivity index (χ3v) is 4.85. The number of hydrogen-bond donors (Lipinski definition) is 1. The summed E-state index contributed by atoms with van der Waals surface area (Å²) >= 11 is 0. The van der Waals surface area contributed by atoms with Gasteiger partial charge < -0.3 is 4.74 Å². The van der Waals surface area contributed by atoms with Gasteiger partial charge >= 0.3 is 21.5 Å². The molecular weight excluding hydrogens is 351 g/mol. The number of benzene rings is 1. The van der Waals surface area contributed by atoms with Crippen LogP contribution < -0.4 is 4.72 Å². The monoisotopic (exact) mass is 365 g/mol. The van der Waals surface area contributed by atoms with E-state index in [0.717, 1.165) is 4.72 Å². The number of ether oxygens (including phenoxy) is 1. The van der Waals surface area contributed by atoms with Gasteiger partial charge in [-0.1, -0.05) is 24.3 Å². The summed E-state index contributed by atoms with van der Waals surface area (Å²) in [4.78, 5) is 24.8. The van der Waals surface area contributed by atoms with Crippen molar-refractivity contribution >= 4 is 21.9 Å². The molecule has 1 N–H and O–H groups in total. The van der Waals surface area contributed by atoms with Crippen molar-refractivity contribution in [2.75, 3.05) is 6.61 Å². The Morgan fingerprint density at radius 2 is 1.92 bits per heavy atom. The number of rotatable bonds is 4. The van der Waals surface area contributed by atoms with Crippen LogP contribution in [0.25, 0.3) is 0 Å². The normalized spacial score (nSPS) is 20.3. The highest BCUT2D eigenvalue weighted by atomic mass is 32.2. The zero-order valence-electron chi connectivity index (χ0n) is 12.5. The summed E-state index contributed by atoms with van der Waals surface area (Å²) in [6.07, 6.45) is 0.0544. The Kier molecular flexibility index (Phi) is 4.62. The predicted octanol–water partition coefficient (Wildman–Crippen LogP) is 1.40. The van der Waals surface area contributed by atoms with Gasteiger partial charge in [-0.2, -0.15) is 21.6 Å². The molecule has 1 aliphatic rings. The van der Waals surface area contributed by atoms with Crippen LogP contribution in [0.5, 0.6) is 0 Å². The van der Waals surface area contributed by atoms with Crippen molar-refractivity contribution in [3.63, 3.8) is 0 Å². The lowest BCUT2D eigenvalue weighted by Crippen LogP contribution is -2.53. The Bertz CT molecular complexity index is 775. The minimum atomic E-state index is -5.93. The first-order valence-electron chi connectivity index (χ1n) is 6.95. The topological polar surface area (TPSA) is 89.5 Å². The number of nitrogens with one attached hydrogen (secondary N) is 1. The molecule has 2 rings (SSSR count). The molecule has 132 valence electrons. The van der Waals surface area contributed by atoms with E-state index in [9.17, 15) is 31.2 Å². The fourth-order valence-corrected chi connectivity index (χ4v) is 3.21. The number of fused-ring (bicyclic) bond motifs is 1. The summed E-state index contributed by atoms with van der Waals surface area (Å²) in [5, 5.41) is 0. The molecule has 1 unspecified atom stereocenters. The van der Waals surface area contributed by atoms with Crippen LogP contribution >= 0.6 is 0 Å². The summed E-state index contributed by atoms with van der Waals surface area (Å²) in [6, 6.07) is 6.16. The molecule has 0 heterocycles. The molecule has 1 aliphatic carbocycles. The van der Waals surface area contributed by atoms with Crippen LogP contribution in [-0.2, 0) is 36.2 Å². The van der Waals surface area contributed by atoms with E-state index in [1.165, 1.54) is 19.1 Å². The van der Waals surface area contributed by atoms with E-state index < -0.39 is 32.8 Å². The van der Waals surface area contributed by atoms with E-state index in [1.807, 2.05) is 0 Å². The fraction of sp³-hybridized carbons (Fsp3) is 0.429. The van der Waals surface area contributed by atoms with Crippen LogP contribution in [0.2, 0.25) is 0 Å². The molecule has 0 saturated carbocycles. The highest BCUT2D eigenvalue weighted by molar-refractivity contribution is 7.90. The second kappa shape index (κ2) is 6.08. The highest BCUT2D eigenvalue weighted by Gasteiger charge is 2.56. The number of carbonyl (C=O) groups excluding carboxylic acids is 2. The van der Waals surface area contributed by atoms with Crippen molar-refractivity contribution in [3.05, 3.63) is 35.4 Å². The zero-order chi connectivity index (χ0) is 18.2. The molecular formula is C14H14F3NO5S. The molecule has 6 nitrogen and oxygen atoms in total. The van der Waals surface area contributed by atoms with Gasteiger partial charge in [-0.3, -0.25) is 9.59 Å². The number of carbonyl (C=O) groups is 2. The SMILES string of the molecule is CCOC(=O)C1(C(=O)NS(=O)(=O)C(F)(F)F)CCc2ccccc21. The Balaban J connectivity index is 2.51. The lowest BCUT2D eigenvalue weighted by atomic mass is 9.81. The molecule has 1 amide bonds. The molecule has 0 fully saturated rings. The smallest absolute Gasteiger partial charge is 0.465 e. The summed E-state index contributed by atoms with van der Waals surface area (Å²) in [5.41, 5.74) is -7.06. The second-order valence-corrected chi connectivity index (χ2v) is 6.84. The van der Waals surface area contributed by atoms with Gasteiger partial charge in [0.2, 0.25) is 0 Å². The first-order chi connectivity index (χ1) is 11.1. The first kappa shape index (κ1) is 18.2. The lowest BCUT2D eigenvalue weighted by Gasteiger charge is -2.26. The third kappa shape index (κ3) is 2.85. The Labute approximate surface area is 136 Å². The number of sulfonamides is 1. The first-order valence-corrected chi connectivity index (χ1v) is 8.43. The summed E-state index contributed by atoms with van der Waals surface area (Å²) in [6.45, 7) is 1.36. The molecule has 24 heavy (non-hydrogen) atoms. The van der Waals surface area contributed by atoms with E-state index in [0.29, 0.717) is 5.56 Å². The predicted molar refractivity (Wildman–Crippen MR) is 76.2 cm³/mol. The van der Waals surface area contributed by atoms with Gasteiger partial charge in [-0.25, -0.2) is 4.72 Å². The molecule has 0 aromatic heterocycles. The Hall–Kier alpha value is -2.10. The van der Waals surface area contributed by atoms with Crippen LogP contribution in [0.15, 0.2) is 24.3 Å². The van der Waals surface area contributed by atoms with Gasteiger partial charge in [0.15, 0.2) is 5.41 Å². The van der Waals surface area contributed by atoms with Crippen LogP contribution in [0.4, 0.5) is 13.2 Å². The Morgan fingerprint density at radius 3 is 2.50 bits per heavy atom. The minimum Gasteiger partial charge on any atom is -0.465 e. The van der Waals surface area contributed by atoms with E-state index in [-0.39, 0.29) is 25.0 Å². The van der Waals surface area contributed by atoms with Crippen molar-refractivity contribution in [2.45, 2.75) is 30.7 Å².